The normalized spacial score (nSPS) is 15.4. The number of nitrogens with zero attached hydrogens (tertiary/aromatic N) is 1. The van der Waals surface area contributed by atoms with Gasteiger partial charge < -0.3 is 10.2 Å². The number of carbonyl (C=O) groups is 1. The molecule has 1 aliphatic rings. The SMILES string of the molecule is NCCC(=O)c1ccc2oc(C3CC3)nc2c1. The van der Waals surface area contributed by atoms with E-state index in [1.165, 1.54) is 0 Å². The van der Waals surface area contributed by atoms with Crippen molar-refractivity contribution in [3.05, 3.63) is 29.7 Å². The Morgan fingerprint density at radius 1 is 1.47 bits per heavy atom. The number of nitrogens with two attached hydrogens (primary N) is 1. The highest BCUT2D eigenvalue weighted by atomic mass is 16.3. The lowest BCUT2D eigenvalue weighted by Crippen LogP contribution is -2.07. The molecule has 0 saturated heterocycles. The maximum absolute atomic E-state index is 11.7. The van der Waals surface area contributed by atoms with Crippen LogP contribution in [-0.4, -0.2) is 17.3 Å². The highest BCUT2D eigenvalue weighted by Gasteiger charge is 2.28. The van der Waals surface area contributed by atoms with Gasteiger partial charge in [0.15, 0.2) is 17.3 Å². The van der Waals surface area contributed by atoms with Gasteiger partial charge in [-0.3, -0.25) is 4.79 Å². The van der Waals surface area contributed by atoms with E-state index in [9.17, 15) is 4.79 Å². The molecule has 0 bridgehead atoms. The van der Waals surface area contributed by atoms with Crippen LogP contribution in [0.3, 0.4) is 0 Å². The van der Waals surface area contributed by atoms with E-state index in [-0.39, 0.29) is 5.78 Å². The molecule has 0 atom stereocenters. The Bertz CT molecular complexity index is 570. The topological polar surface area (TPSA) is 69.1 Å². The number of rotatable bonds is 4. The zero-order valence-electron chi connectivity index (χ0n) is 9.48. The summed E-state index contributed by atoms with van der Waals surface area (Å²) in [7, 11) is 0. The second kappa shape index (κ2) is 3.96. The van der Waals surface area contributed by atoms with Gasteiger partial charge in [0.1, 0.15) is 5.52 Å². The van der Waals surface area contributed by atoms with E-state index in [0.29, 0.717) is 24.4 Å². The molecule has 1 saturated carbocycles. The summed E-state index contributed by atoms with van der Waals surface area (Å²) in [5, 5.41) is 0. The fraction of sp³-hybridized carbons (Fsp3) is 0.385. The summed E-state index contributed by atoms with van der Waals surface area (Å²) in [5.74, 6) is 1.36. The average Bonchev–Trinajstić information content (AvgIpc) is 3.08. The molecule has 1 aromatic heterocycles. The fourth-order valence-electron chi connectivity index (χ4n) is 1.90. The number of benzene rings is 1. The monoisotopic (exact) mass is 230 g/mol. The molecule has 1 fully saturated rings. The van der Waals surface area contributed by atoms with Gasteiger partial charge in [-0.1, -0.05) is 0 Å². The molecule has 1 heterocycles. The first kappa shape index (κ1) is 10.5. The van der Waals surface area contributed by atoms with Crippen LogP contribution in [0.15, 0.2) is 22.6 Å². The third-order valence-corrected chi connectivity index (χ3v) is 3.02. The molecule has 0 amide bonds. The van der Waals surface area contributed by atoms with Crippen molar-refractivity contribution in [3.8, 4) is 0 Å². The number of Topliss-reactive ketones (excluding diaryl/α,β-unsaturated/α-hetero) is 1. The first-order valence-electron chi connectivity index (χ1n) is 5.91. The Labute approximate surface area is 98.8 Å². The molecule has 4 nitrogen and oxygen atoms in total. The third kappa shape index (κ3) is 1.96. The van der Waals surface area contributed by atoms with E-state index in [0.717, 1.165) is 29.8 Å². The number of hydrogen-bond donors (Lipinski definition) is 1. The largest absolute Gasteiger partial charge is 0.440 e. The minimum absolute atomic E-state index is 0.0605. The molecule has 0 radical (unpaired) electrons. The van der Waals surface area contributed by atoms with Gasteiger partial charge in [-0.25, -0.2) is 4.98 Å². The van der Waals surface area contributed by atoms with Crippen molar-refractivity contribution in [1.29, 1.82) is 0 Å². The van der Waals surface area contributed by atoms with E-state index in [2.05, 4.69) is 4.98 Å². The zero-order chi connectivity index (χ0) is 11.8. The minimum Gasteiger partial charge on any atom is -0.440 e. The predicted molar refractivity (Wildman–Crippen MR) is 64.0 cm³/mol. The Kier molecular flexibility index (Phi) is 2.44. The van der Waals surface area contributed by atoms with Gasteiger partial charge in [-0.05, 0) is 37.6 Å². The van der Waals surface area contributed by atoms with Crippen LogP contribution in [0.25, 0.3) is 11.1 Å². The molecule has 1 aliphatic carbocycles. The van der Waals surface area contributed by atoms with Crippen LogP contribution in [0, 0.1) is 0 Å². The quantitative estimate of drug-likeness (QED) is 0.818. The Hall–Kier alpha value is -1.68. The number of carbonyl (C=O) groups excluding carboxylic acids is 1. The van der Waals surface area contributed by atoms with Crippen LogP contribution in [0.4, 0.5) is 0 Å². The Morgan fingerprint density at radius 3 is 3.00 bits per heavy atom. The summed E-state index contributed by atoms with van der Waals surface area (Å²) in [6.45, 7) is 0.378. The van der Waals surface area contributed by atoms with Gasteiger partial charge in [0, 0.05) is 17.9 Å². The van der Waals surface area contributed by atoms with Crippen molar-refractivity contribution in [2.75, 3.05) is 6.54 Å². The first-order chi connectivity index (χ1) is 8.28. The van der Waals surface area contributed by atoms with Crippen LogP contribution in [0.1, 0.15) is 41.4 Å². The van der Waals surface area contributed by atoms with Crippen molar-refractivity contribution in [2.24, 2.45) is 5.73 Å². The van der Waals surface area contributed by atoms with Gasteiger partial charge >= 0.3 is 0 Å². The van der Waals surface area contributed by atoms with Crippen LogP contribution >= 0.6 is 0 Å². The van der Waals surface area contributed by atoms with Crippen molar-refractivity contribution in [3.63, 3.8) is 0 Å². The summed E-state index contributed by atoms with van der Waals surface area (Å²) in [6.07, 6.45) is 2.69. The van der Waals surface area contributed by atoms with E-state index in [1.807, 2.05) is 6.07 Å². The number of aromatic nitrogens is 1. The zero-order valence-corrected chi connectivity index (χ0v) is 9.48. The molecule has 2 N–H and O–H groups in total. The van der Waals surface area contributed by atoms with Crippen LogP contribution in [0.5, 0.6) is 0 Å². The van der Waals surface area contributed by atoms with E-state index in [1.54, 1.807) is 12.1 Å². The second-order valence-corrected chi connectivity index (χ2v) is 4.47. The minimum atomic E-state index is 0.0605. The second-order valence-electron chi connectivity index (χ2n) is 4.47. The molecule has 0 unspecified atom stereocenters. The van der Waals surface area contributed by atoms with Gasteiger partial charge in [-0.2, -0.15) is 0 Å². The van der Waals surface area contributed by atoms with Gasteiger partial charge in [0.05, 0.1) is 0 Å². The number of fused-ring (bicyclic) bond motifs is 1. The Morgan fingerprint density at radius 2 is 2.29 bits per heavy atom. The molecule has 0 aliphatic heterocycles. The lowest BCUT2D eigenvalue weighted by Gasteiger charge is -1.97. The maximum atomic E-state index is 11.7. The van der Waals surface area contributed by atoms with Crippen LogP contribution < -0.4 is 5.73 Å². The van der Waals surface area contributed by atoms with Crippen molar-refractivity contribution in [2.45, 2.75) is 25.2 Å². The fourth-order valence-corrected chi connectivity index (χ4v) is 1.90. The molecule has 4 heteroatoms. The van der Waals surface area contributed by atoms with Gasteiger partial charge in [0.2, 0.25) is 0 Å². The van der Waals surface area contributed by atoms with Crippen LogP contribution in [0.2, 0.25) is 0 Å². The third-order valence-electron chi connectivity index (χ3n) is 3.02. The number of oxazole rings is 1. The summed E-state index contributed by atoms with van der Waals surface area (Å²) < 4.78 is 5.64. The summed E-state index contributed by atoms with van der Waals surface area (Å²) in [5.41, 5.74) is 7.58. The average molecular weight is 230 g/mol. The number of ketones is 1. The maximum Gasteiger partial charge on any atom is 0.198 e. The summed E-state index contributed by atoms with van der Waals surface area (Å²) in [4.78, 5) is 16.1. The highest BCUT2D eigenvalue weighted by molar-refractivity contribution is 5.98. The molecule has 0 spiro atoms. The van der Waals surface area contributed by atoms with E-state index < -0.39 is 0 Å². The molecule has 88 valence electrons. The predicted octanol–water partition coefficient (Wildman–Crippen LogP) is 2.24. The molecule has 1 aromatic carbocycles. The highest BCUT2D eigenvalue weighted by Crippen LogP contribution is 2.40. The molecule has 17 heavy (non-hydrogen) atoms. The van der Waals surface area contributed by atoms with Gasteiger partial charge in [0.25, 0.3) is 0 Å². The van der Waals surface area contributed by atoms with E-state index >= 15 is 0 Å². The van der Waals surface area contributed by atoms with Gasteiger partial charge in [-0.15, -0.1) is 0 Å². The molecule has 2 aromatic rings. The Balaban J connectivity index is 1.97. The lowest BCUT2D eigenvalue weighted by atomic mass is 10.1. The standard InChI is InChI=1S/C13H14N2O2/c14-6-5-11(16)9-3-4-12-10(7-9)15-13(17-12)8-1-2-8/h3-4,7-8H,1-2,5-6,14H2. The molecular weight excluding hydrogens is 216 g/mol. The van der Waals surface area contributed by atoms with E-state index in [4.69, 9.17) is 10.2 Å². The summed E-state index contributed by atoms with van der Waals surface area (Å²) in [6, 6.07) is 5.39. The van der Waals surface area contributed by atoms with Crippen LogP contribution in [-0.2, 0) is 0 Å². The first-order valence-corrected chi connectivity index (χ1v) is 5.91. The molecular formula is C13H14N2O2. The van der Waals surface area contributed by atoms with Crippen molar-refractivity contribution >= 4 is 16.9 Å². The summed E-state index contributed by atoms with van der Waals surface area (Å²) >= 11 is 0. The van der Waals surface area contributed by atoms with Crippen molar-refractivity contribution < 1.29 is 9.21 Å². The molecule has 3 rings (SSSR count). The smallest absolute Gasteiger partial charge is 0.198 e. The lowest BCUT2D eigenvalue weighted by molar-refractivity contribution is 0.0985. The van der Waals surface area contributed by atoms with Crippen molar-refractivity contribution in [1.82, 2.24) is 4.98 Å². The number of hydrogen-bond acceptors (Lipinski definition) is 4.